The fraction of sp³-hybridized carbons (Fsp3) is 0.600. The summed E-state index contributed by atoms with van der Waals surface area (Å²) in [6.07, 6.45) is 0.0850. The van der Waals surface area contributed by atoms with Crippen molar-refractivity contribution < 1.29 is 14.2 Å². The van der Waals surface area contributed by atoms with Crippen LogP contribution in [0.15, 0.2) is 18.2 Å². The van der Waals surface area contributed by atoms with E-state index in [1.807, 2.05) is 46.8 Å². The molecule has 0 aliphatic rings. The second-order valence-corrected chi connectivity index (χ2v) is 5.68. The minimum atomic E-state index is -0.142. The van der Waals surface area contributed by atoms with Gasteiger partial charge in [-0.1, -0.05) is 0 Å². The van der Waals surface area contributed by atoms with Gasteiger partial charge in [-0.25, -0.2) is 0 Å². The van der Waals surface area contributed by atoms with Gasteiger partial charge in [0, 0.05) is 6.07 Å². The summed E-state index contributed by atoms with van der Waals surface area (Å²) in [5.41, 5.74) is 6.32. The Morgan fingerprint density at radius 1 is 1.16 bits per heavy atom. The average Bonchev–Trinajstić information content (AvgIpc) is 2.26. The fourth-order valence-electron chi connectivity index (χ4n) is 1.47. The zero-order valence-corrected chi connectivity index (χ0v) is 12.5. The van der Waals surface area contributed by atoms with E-state index in [4.69, 9.17) is 19.9 Å². The Kier molecular flexibility index (Phi) is 5.48. The first-order chi connectivity index (χ1) is 8.78. The monoisotopic (exact) mass is 267 g/mol. The van der Waals surface area contributed by atoms with Crippen molar-refractivity contribution in [3.8, 4) is 11.5 Å². The van der Waals surface area contributed by atoms with Crippen molar-refractivity contribution in [1.29, 1.82) is 0 Å². The van der Waals surface area contributed by atoms with Gasteiger partial charge < -0.3 is 19.9 Å². The van der Waals surface area contributed by atoms with Crippen LogP contribution < -0.4 is 15.2 Å². The molecule has 4 nitrogen and oxygen atoms in total. The number of anilines is 1. The molecule has 0 unspecified atom stereocenters. The Morgan fingerprint density at radius 3 is 2.42 bits per heavy atom. The number of hydrogen-bond acceptors (Lipinski definition) is 4. The first kappa shape index (κ1) is 15.6. The maximum absolute atomic E-state index is 5.84. The molecular formula is C15H25NO3. The molecule has 0 aliphatic carbocycles. The van der Waals surface area contributed by atoms with Crippen LogP contribution in [-0.4, -0.2) is 24.9 Å². The predicted molar refractivity (Wildman–Crippen MR) is 77.8 cm³/mol. The minimum absolute atomic E-state index is 0.0850. The predicted octanol–water partition coefficient (Wildman–Crippen LogP) is 3.25. The number of nitrogens with two attached hydrogens (primary N) is 1. The van der Waals surface area contributed by atoms with E-state index in [2.05, 4.69) is 0 Å². The van der Waals surface area contributed by atoms with Gasteiger partial charge in [-0.05, 0) is 46.8 Å². The Labute approximate surface area is 115 Å². The third-order valence-electron chi connectivity index (χ3n) is 2.23. The van der Waals surface area contributed by atoms with Gasteiger partial charge in [0.05, 0.1) is 24.0 Å². The normalized spacial score (nSPS) is 11.7. The summed E-state index contributed by atoms with van der Waals surface area (Å²) in [5, 5.41) is 0. The topological polar surface area (TPSA) is 53.7 Å². The molecule has 0 fully saturated rings. The molecule has 1 rings (SSSR count). The molecule has 0 aromatic heterocycles. The molecule has 0 bridgehead atoms. The van der Waals surface area contributed by atoms with Crippen molar-refractivity contribution in [2.24, 2.45) is 0 Å². The molecule has 0 saturated carbocycles. The van der Waals surface area contributed by atoms with Crippen LogP contribution in [0.4, 0.5) is 5.69 Å². The molecule has 0 saturated heterocycles. The van der Waals surface area contributed by atoms with E-state index in [1.165, 1.54) is 0 Å². The highest BCUT2D eigenvalue weighted by Crippen LogP contribution is 2.27. The van der Waals surface area contributed by atoms with Gasteiger partial charge in [0.25, 0.3) is 0 Å². The Hall–Kier alpha value is -1.42. The smallest absolute Gasteiger partial charge is 0.146 e. The zero-order chi connectivity index (χ0) is 14.5. The van der Waals surface area contributed by atoms with Crippen molar-refractivity contribution in [3.63, 3.8) is 0 Å². The van der Waals surface area contributed by atoms with Crippen molar-refractivity contribution in [3.05, 3.63) is 18.2 Å². The van der Waals surface area contributed by atoms with Crippen LogP contribution in [0.1, 0.15) is 34.6 Å². The first-order valence-electron chi connectivity index (χ1n) is 6.61. The van der Waals surface area contributed by atoms with Gasteiger partial charge in [-0.2, -0.15) is 0 Å². The van der Waals surface area contributed by atoms with Crippen LogP contribution in [0, 0.1) is 0 Å². The summed E-state index contributed by atoms with van der Waals surface area (Å²) in [6.45, 7) is 11.0. The molecule has 108 valence electrons. The molecule has 2 N–H and O–H groups in total. The molecule has 0 radical (unpaired) electrons. The Balaban J connectivity index is 2.50. The summed E-state index contributed by atoms with van der Waals surface area (Å²) in [5.74, 6) is 1.39. The average molecular weight is 267 g/mol. The van der Waals surface area contributed by atoms with Crippen LogP contribution >= 0.6 is 0 Å². The number of rotatable bonds is 6. The lowest BCUT2D eigenvalue weighted by Crippen LogP contribution is -2.22. The van der Waals surface area contributed by atoms with Gasteiger partial charge in [0.1, 0.15) is 18.1 Å². The summed E-state index contributed by atoms with van der Waals surface area (Å²) < 4.78 is 16.8. The minimum Gasteiger partial charge on any atom is -0.491 e. The molecule has 0 aliphatic heterocycles. The third kappa shape index (κ3) is 6.34. The maximum atomic E-state index is 5.84. The highest BCUT2D eigenvalue weighted by molar-refractivity contribution is 5.55. The molecular weight excluding hydrogens is 242 g/mol. The first-order valence-corrected chi connectivity index (χ1v) is 6.61. The molecule has 19 heavy (non-hydrogen) atoms. The molecule has 1 aromatic rings. The lowest BCUT2D eigenvalue weighted by molar-refractivity contribution is -0.0163. The van der Waals surface area contributed by atoms with Crippen LogP contribution in [0.5, 0.6) is 11.5 Å². The quantitative estimate of drug-likeness (QED) is 0.635. The lowest BCUT2D eigenvalue weighted by Gasteiger charge is -2.19. The van der Waals surface area contributed by atoms with E-state index in [-0.39, 0.29) is 11.7 Å². The number of benzene rings is 1. The standard InChI is InChI=1S/C15H25NO3/c1-11(2)19-14-10-12(6-7-13(14)16)17-8-9-18-15(3,4)5/h6-7,10-11H,8-9,16H2,1-5H3. The second kappa shape index (κ2) is 6.66. The second-order valence-electron chi connectivity index (χ2n) is 5.68. The number of nitrogen functional groups attached to an aromatic ring is 1. The fourth-order valence-corrected chi connectivity index (χ4v) is 1.47. The van der Waals surface area contributed by atoms with Crippen LogP contribution in [0.3, 0.4) is 0 Å². The summed E-state index contributed by atoms with van der Waals surface area (Å²) >= 11 is 0. The van der Waals surface area contributed by atoms with E-state index in [9.17, 15) is 0 Å². The molecule has 0 heterocycles. The summed E-state index contributed by atoms with van der Waals surface area (Å²) in [6, 6.07) is 5.43. The number of ether oxygens (including phenoxy) is 3. The van der Waals surface area contributed by atoms with E-state index >= 15 is 0 Å². The maximum Gasteiger partial charge on any atom is 0.146 e. The van der Waals surface area contributed by atoms with Gasteiger partial charge >= 0.3 is 0 Å². The van der Waals surface area contributed by atoms with Gasteiger partial charge in [-0.15, -0.1) is 0 Å². The van der Waals surface area contributed by atoms with Crippen molar-refractivity contribution >= 4 is 5.69 Å². The van der Waals surface area contributed by atoms with Crippen molar-refractivity contribution in [2.45, 2.75) is 46.3 Å². The Bertz CT molecular complexity index is 397. The molecule has 0 atom stereocenters. The SMILES string of the molecule is CC(C)Oc1cc(OCCOC(C)(C)C)ccc1N. The van der Waals surface area contributed by atoms with Crippen molar-refractivity contribution in [2.75, 3.05) is 18.9 Å². The zero-order valence-electron chi connectivity index (χ0n) is 12.5. The van der Waals surface area contributed by atoms with E-state index in [1.54, 1.807) is 6.07 Å². The van der Waals surface area contributed by atoms with Gasteiger partial charge in [0.2, 0.25) is 0 Å². The van der Waals surface area contributed by atoms with E-state index in [0.717, 1.165) is 5.75 Å². The van der Waals surface area contributed by atoms with Crippen molar-refractivity contribution in [1.82, 2.24) is 0 Å². The van der Waals surface area contributed by atoms with Gasteiger partial charge in [-0.3, -0.25) is 0 Å². The highest BCUT2D eigenvalue weighted by atomic mass is 16.5. The summed E-state index contributed by atoms with van der Waals surface area (Å²) in [4.78, 5) is 0. The lowest BCUT2D eigenvalue weighted by atomic mass is 10.2. The summed E-state index contributed by atoms with van der Waals surface area (Å²) in [7, 11) is 0. The molecule has 4 heteroatoms. The largest absolute Gasteiger partial charge is 0.491 e. The molecule has 0 amide bonds. The number of hydrogen-bond donors (Lipinski definition) is 1. The third-order valence-corrected chi connectivity index (χ3v) is 2.23. The molecule has 1 aromatic carbocycles. The van der Waals surface area contributed by atoms with E-state index in [0.29, 0.717) is 24.7 Å². The van der Waals surface area contributed by atoms with Gasteiger partial charge in [0.15, 0.2) is 0 Å². The van der Waals surface area contributed by atoms with Crippen LogP contribution in [0.2, 0.25) is 0 Å². The molecule has 0 spiro atoms. The van der Waals surface area contributed by atoms with Crippen LogP contribution in [0.25, 0.3) is 0 Å². The van der Waals surface area contributed by atoms with E-state index < -0.39 is 0 Å². The highest BCUT2D eigenvalue weighted by Gasteiger charge is 2.10. The Morgan fingerprint density at radius 2 is 1.84 bits per heavy atom. The van der Waals surface area contributed by atoms with Crippen LogP contribution in [-0.2, 0) is 4.74 Å².